The van der Waals surface area contributed by atoms with Gasteiger partial charge in [-0.15, -0.1) is 0 Å². The van der Waals surface area contributed by atoms with Gasteiger partial charge in [0, 0.05) is 29.5 Å². The Morgan fingerprint density at radius 2 is 2.10 bits per heavy atom. The topological polar surface area (TPSA) is 121 Å². The number of carbonyl (C=O) groups excluding carboxylic acids is 2. The quantitative estimate of drug-likeness (QED) is 0.471. The molecule has 1 aliphatic heterocycles. The molecule has 5 atom stereocenters. The average Bonchev–Trinajstić information content (AvgIpc) is 3.13. The van der Waals surface area contributed by atoms with Gasteiger partial charge < -0.3 is 34.2 Å². The summed E-state index contributed by atoms with van der Waals surface area (Å²) in [6.07, 6.45) is 0.685. The Labute approximate surface area is 175 Å². The van der Waals surface area contributed by atoms with E-state index in [2.05, 4.69) is 4.98 Å². The number of benzene rings is 1. The van der Waals surface area contributed by atoms with E-state index in [9.17, 15) is 19.8 Å². The normalized spacial score (nSPS) is 25.2. The van der Waals surface area contributed by atoms with Gasteiger partial charge in [0.15, 0.2) is 6.29 Å². The third-order valence-corrected chi connectivity index (χ3v) is 5.34. The number of esters is 1. The number of unbranched alkanes of at least 4 members (excludes halogenated alkanes) is 1. The molecule has 1 saturated heterocycles. The van der Waals surface area contributed by atoms with Crippen LogP contribution in [0.2, 0.25) is 0 Å². The van der Waals surface area contributed by atoms with Gasteiger partial charge in [-0.2, -0.15) is 0 Å². The number of rotatable bonds is 9. The van der Waals surface area contributed by atoms with E-state index in [4.69, 9.17) is 14.2 Å². The molecule has 8 heteroatoms. The van der Waals surface area contributed by atoms with E-state index < -0.39 is 36.5 Å². The zero-order chi connectivity index (χ0) is 21.7. The van der Waals surface area contributed by atoms with Gasteiger partial charge >= 0.3 is 5.97 Å². The standard InChI is InChI=1S/C22H29NO7/c1-13(7-3-6-10-20(25)26)28-22-18(24)11-19(14(2)29-22)30-21(27)16-12-23-17-9-5-4-8-15(16)17/h4-5,8-9,12-14,18-19,22-24H,3,6-7,10-11H2,1-2H3,(H,25,26)/p-1/t13-,14+,18-,19-,22-/m1/s1. The van der Waals surface area contributed by atoms with Crippen LogP contribution in [0.4, 0.5) is 0 Å². The smallest absolute Gasteiger partial charge is 0.340 e. The Morgan fingerprint density at radius 1 is 1.33 bits per heavy atom. The Balaban J connectivity index is 1.50. The molecule has 0 bridgehead atoms. The molecule has 0 aliphatic carbocycles. The molecule has 3 rings (SSSR count). The molecular formula is C22H28NO7-. The maximum absolute atomic E-state index is 12.6. The maximum Gasteiger partial charge on any atom is 0.340 e. The fourth-order valence-corrected chi connectivity index (χ4v) is 3.64. The first-order valence-corrected chi connectivity index (χ1v) is 10.3. The molecule has 1 aromatic carbocycles. The van der Waals surface area contributed by atoms with Crippen molar-refractivity contribution >= 4 is 22.8 Å². The van der Waals surface area contributed by atoms with Gasteiger partial charge in [-0.25, -0.2) is 4.79 Å². The van der Waals surface area contributed by atoms with Crippen molar-refractivity contribution in [2.24, 2.45) is 0 Å². The molecule has 30 heavy (non-hydrogen) atoms. The minimum absolute atomic E-state index is 0.0236. The van der Waals surface area contributed by atoms with Crippen LogP contribution >= 0.6 is 0 Å². The number of fused-ring (bicyclic) bond motifs is 1. The second-order valence-electron chi connectivity index (χ2n) is 7.77. The summed E-state index contributed by atoms with van der Waals surface area (Å²) in [5.74, 6) is -1.53. The zero-order valence-corrected chi connectivity index (χ0v) is 17.2. The molecule has 8 nitrogen and oxygen atoms in total. The Morgan fingerprint density at radius 3 is 2.87 bits per heavy atom. The first kappa shape index (κ1) is 22.3. The summed E-state index contributed by atoms with van der Waals surface area (Å²) >= 11 is 0. The number of hydrogen-bond donors (Lipinski definition) is 2. The van der Waals surface area contributed by atoms with Crippen molar-refractivity contribution in [2.75, 3.05) is 0 Å². The lowest BCUT2D eigenvalue weighted by Crippen LogP contribution is -2.49. The van der Waals surface area contributed by atoms with Crippen molar-refractivity contribution in [1.29, 1.82) is 0 Å². The van der Waals surface area contributed by atoms with Crippen molar-refractivity contribution in [3.8, 4) is 0 Å². The van der Waals surface area contributed by atoms with Gasteiger partial charge in [-0.05, 0) is 39.2 Å². The molecule has 1 aromatic heterocycles. The highest BCUT2D eigenvalue weighted by atomic mass is 16.7. The lowest BCUT2D eigenvalue weighted by molar-refractivity contribution is -0.305. The van der Waals surface area contributed by atoms with Crippen LogP contribution in [-0.4, -0.2) is 52.7 Å². The number of aromatic amines is 1. The molecule has 0 amide bonds. The number of hydrogen-bond acceptors (Lipinski definition) is 7. The number of aromatic nitrogens is 1. The second kappa shape index (κ2) is 10.1. The molecule has 0 saturated carbocycles. The number of carboxylic acids is 1. The summed E-state index contributed by atoms with van der Waals surface area (Å²) in [7, 11) is 0. The number of ether oxygens (including phenoxy) is 3. The summed E-state index contributed by atoms with van der Waals surface area (Å²) in [5, 5.41) is 21.7. The Hall–Kier alpha value is -2.42. The molecule has 2 aromatic rings. The molecule has 0 unspecified atom stereocenters. The van der Waals surface area contributed by atoms with Gasteiger partial charge in [0.1, 0.15) is 12.2 Å². The SMILES string of the molecule is C[C@H](CCCCC(=O)[O-])O[C@@H]1O[C@@H](C)[C@H](OC(=O)c2c[nH]c3ccccc23)C[C@H]1O. The van der Waals surface area contributed by atoms with Crippen LogP contribution in [0.5, 0.6) is 0 Å². The van der Waals surface area contributed by atoms with Gasteiger partial charge in [0.2, 0.25) is 0 Å². The Bertz CT molecular complexity index is 864. The van der Waals surface area contributed by atoms with E-state index in [1.807, 2.05) is 31.2 Å². The summed E-state index contributed by atoms with van der Waals surface area (Å²) in [6, 6.07) is 7.46. The van der Waals surface area contributed by atoms with E-state index in [-0.39, 0.29) is 18.9 Å². The summed E-state index contributed by atoms with van der Waals surface area (Å²) < 4.78 is 17.2. The number of carbonyl (C=O) groups is 2. The molecule has 2 heterocycles. The van der Waals surface area contributed by atoms with Crippen LogP contribution in [0.1, 0.15) is 56.3 Å². The number of aliphatic hydroxyl groups is 1. The minimum Gasteiger partial charge on any atom is -0.550 e. The van der Waals surface area contributed by atoms with E-state index in [1.165, 1.54) is 0 Å². The highest BCUT2D eigenvalue weighted by Gasteiger charge is 2.38. The number of carboxylic acid groups (broad SMARTS) is 1. The van der Waals surface area contributed by atoms with Crippen LogP contribution in [0.3, 0.4) is 0 Å². The highest BCUT2D eigenvalue weighted by Crippen LogP contribution is 2.27. The fourth-order valence-electron chi connectivity index (χ4n) is 3.64. The van der Waals surface area contributed by atoms with E-state index in [0.717, 1.165) is 10.9 Å². The monoisotopic (exact) mass is 418 g/mol. The molecule has 0 radical (unpaired) electrons. The number of aliphatic carboxylic acids is 1. The van der Waals surface area contributed by atoms with E-state index in [1.54, 1.807) is 13.1 Å². The van der Waals surface area contributed by atoms with Crippen molar-refractivity contribution < 1.29 is 34.0 Å². The van der Waals surface area contributed by atoms with Gasteiger partial charge in [0.25, 0.3) is 0 Å². The lowest BCUT2D eigenvalue weighted by atomic mass is 10.0. The number of para-hydroxylation sites is 1. The van der Waals surface area contributed by atoms with Crippen molar-refractivity contribution in [1.82, 2.24) is 4.98 Å². The minimum atomic E-state index is -1.06. The molecule has 1 aliphatic rings. The number of aliphatic hydroxyl groups excluding tert-OH is 1. The molecule has 164 valence electrons. The number of H-pyrrole nitrogens is 1. The van der Waals surface area contributed by atoms with Crippen molar-refractivity contribution in [3.05, 3.63) is 36.0 Å². The van der Waals surface area contributed by atoms with Crippen LogP contribution in [0.25, 0.3) is 10.9 Å². The van der Waals surface area contributed by atoms with Crippen LogP contribution in [-0.2, 0) is 19.0 Å². The van der Waals surface area contributed by atoms with Crippen LogP contribution in [0.15, 0.2) is 30.5 Å². The summed E-state index contributed by atoms with van der Waals surface area (Å²) in [5.41, 5.74) is 1.29. The van der Waals surface area contributed by atoms with Gasteiger partial charge in [-0.3, -0.25) is 0 Å². The maximum atomic E-state index is 12.6. The molecule has 0 spiro atoms. The summed E-state index contributed by atoms with van der Waals surface area (Å²) in [4.78, 5) is 26.1. The second-order valence-corrected chi connectivity index (χ2v) is 7.77. The zero-order valence-electron chi connectivity index (χ0n) is 17.2. The van der Waals surface area contributed by atoms with Crippen LogP contribution < -0.4 is 5.11 Å². The van der Waals surface area contributed by atoms with Gasteiger partial charge in [0.05, 0.1) is 17.8 Å². The predicted molar refractivity (Wildman–Crippen MR) is 106 cm³/mol. The molecular weight excluding hydrogens is 390 g/mol. The van der Waals surface area contributed by atoms with E-state index in [0.29, 0.717) is 24.8 Å². The Kier molecular flexibility index (Phi) is 7.47. The first-order valence-electron chi connectivity index (χ1n) is 10.3. The van der Waals surface area contributed by atoms with Crippen molar-refractivity contribution in [2.45, 2.75) is 76.7 Å². The lowest BCUT2D eigenvalue weighted by Gasteiger charge is -2.38. The molecule has 1 fully saturated rings. The molecule has 2 N–H and O–H groups in total. The third kappa shape index (κ3) is 5.59. The van der Waals surface area contributed by atoms with Crippen LogP contribution in [0, 0.1) is 0 Å². The average molecular weight is 418 g/mol. The predicted octanol–water partition coefficient (Wildman–Crippen LogP) is 1.90. The van der Waals surface area contributed by atoms with E-state index >= 15 is 0 Å². The third-order valence-electron chi connectivity index (χ3n) is 5.34. The van der Waals surface area contributed by atoms with Crippen molar-refractivity contribution in [3.63, 3.8) is 0 Å². The van der Waals surface area contributed by atoms with Gasteiger partial charge in [-0.1, -0.05) is 24.6 Å². The number of nitrogens with one attached hydrogen (secondary N) is 1. The largest absolute Gasteiger partial charge is 0.550 e. The fraction of sp³-hybridized carbons (Fsp3) is 0.545. The summed E-state index contributed by atoms with van der Waals surface area (Å²) in [6.45, 7) is 3.63. The highest BCUT2D eigenvalue weighted by molar-refractivity contribution is 6.04. The first-order chi connectivity index (χ1) is 14.3.